The fraction of sp³-hybridized carbons (Fsp3) is 0.455. The van der Waals surface area contributed by atoms with Crippen molar-refractivity contribution in [1.82, 2.24) is 25.1 Å². The van der Waals surface area contributed by atoms with Crippen molar-refractivity contribution < 1.29 is 19.0 Å². The molecule has 0 aliphatic heterocycles. The van der Waals surface area contributed by atoms with E-state index in [1.165, 1.54) is 12.8 Å². The predicted molar refractivity (Wildman–Crippen MR) is 114 cm³/mol. The number of nitrogens with zero attached hydrogens (tertiary/aromatic N) is 4. The second-order valence-electron chi connectivity index (χ2n) is 7.59. The number of hydrogen-bond donors (Lipinski definition) is 1. The van der Waals surface area contributed by atoms with Crippen LogP contribution in [0.3, 0.4) is 0 Å². The average molecular weight is 425 g/mol. The molecule has 1 N–H and O–H groups in total. The van der Waals surface area contributed by atoms with Crippen LogP contribution in [0.5, 0.6) is 17.4 Å². The molecule has 4 rings (SSSR count). The van der Waals surface area contributed by atoms with E-state index in [0.29, 0.717) is 54.3 Å². The fourth-order valence-electron chi connectivity index (χ4n) is 3.90. The molecule has 1 aliphatic rings. The third-order valence-corrected chi connectivity index (χ3v) is 5.50. The molecule has 1 saturated carbocycles. The Bertz CT molecular complexity index is 1050. The van der Waals surface area contributed by atoms with Gasteiger partial charge in [-0.25, -0.2) is 0 Å². The number of ether oxygens (including phenoxy) is 3. The van der Waals surface area contributed by atoms with E-state index in [4.69, 9.17) is 14.2 Å². The van der Waals surface area contributed by atoms with Crippen LogP contribution in [-0.2, 0) is 4.79 Å². The number of nitrogens with one attached hydrogen (secondary N) is 1. The first-order valence-corrected chi connectivity index (χ1v) is 10.5. The van der Waals surface area contributed by atoms with Crippen LogP contribution in [0.25, 0.3) is 17.0 Å². The number of carbonyl (C=O) groups excluding carboxylic acids is 1. The second kappa shape index (κ2) is 9.63. The molecule has 0 atom stereocenters. The molecule has 2 aromatic heterocycles. The van der Waals surface area contributed by atoms with Gasteiger partial charge in [-0.05, 0) is 43.0 Å². The molecular formula is C22H27N5O4. The lowest BCUT2D eigenvalue weighted by Crippen LogP contribution is -2.29. The van der Waals surface area contributed by atoms with Crippen LogP contribution in [0.1, 0.15) is 32.1 Å². The van der Waals surface area contributed by atoms with Crippen molar-refractivity contribution in [3.63, 3.8) is 0 Å². The minimum absolute atomic E-state index is 0.0912. The van der Waals surface area contributed by atoms with Crippen LogP contribution >= 0.6 is 0 Å². The molecule has 0 saturated heterocycles. The highest BCUT2D eigenvalue weighted by Crippen LogP contribution is 2.31. The molecule has 1 aliphatic carbocycles. The first kappa shape index (κ1) is 20.9. The van der Waals surface area contributed by atoms with Gasteiger partial charge in [0.05, 0.1) is 20.8 Å². The Morgan fingerprint density at radius 3 is 2.68 bits per heavy atom. The van der Waals surface area contributed by atoms with Gasteiger partial charge < -0.3 is 19.5 Å². The van der Waals surface area contributed by atoms with Crippen LogP contribution < -0.4 is 19.5 Å². The summed E-state index contributed by atoms with van der Waals surface area (Å²) >= 11 is 0. The topological polar surface area (TPSA) is 99.9 Å². The summed E-state index contributed by atoms with van der Waals surface area (Å²) in [7, 11) is 3.17. The Morgan fingerprint density at radius 2 is 1.90 bits per heavy atom. The zero-order chi connectivity index (χ0) is 21.6. The molecule has 1 fully saturated rings. The smallest absolute Gasteiger partial charge is 0.231 e. The molecule has 3 aromatic rings. The van der Waals surface area contributed by atoms with Gasteiger partial charge in [0.25, 0.3) is 0 Å². The third kappa shape index (κ3) is 4.87. The second-order valence-corrected chi connectivity index (χ2v) is 7.59. The minimum Gasteiger partial charge on any atom is -0.493 e. The Morgan fingerprint density at radius 1 is 1.10 bits per heavy atom. The lowest BCUT2D eigenvalue weighted by molar-refractivity contribution is -0.122. The number of aromatic nitrogens is 4. The fourth-order valence-corrected chi connectivity index (χ4v) is 3.90. The van der Waals surface area contributed by atoms with Crippen molar-refractivity contribution in [2.75, 3.05) is 27.4 Å². The monoisotopic (exact) mass is 425 g/mol. The molecule has 9 nitrogen and oxygen atoms in total. The molecule has 1 aromatic carbocycles. The van der Waals surface area contributed by atoms with Crippen molar-refractivity contribution in [1.29, 1.82) is 0 Å². The van der Waals surface area contributed by atoms with E-state index >= 15 is 0 Å². The average Bonchev–Trinajstić information content (AvgIpc) is 3.45. The SMILES string of the molecule is COc1ccc(-c2nnc3ccc(OCCNC(=O)CC4CCCC4)nn23)cc1OC. The molecule has 2 heterocycles. The van der Waals surface area contributed by atoms with Gasteiger partial charge >= 0.3 is 0 Å². The highest BCUT2D eigenvalue weighted by molar-refractivity contribution is 5.76. The lowest BCUT2D eigenvalue weighted by atomic mass is 10.0. The molecule has 0 spiro atoms. The van der Waals surface area contributed by atoms with E-state index in [1.54, 1.807) is 30.9 Å². The van der Waals surface area contributed by atoms with Gasteiger partial charge in [0.2, 0.25) is 11.8 Å². The number of fused-ring (bicyclic) bond motifs is 1. The van der Waals surface area contributed by atoms with Gasteiger partial charge in [-0.1, -0.05) is 12.8 Å². The van der Waals surface area contributed by atoms with Crippen molar-refractivity contribution in [3.05, 3.63) is 30.3 Å². The van der Waals surface area contributed by atoms with E-state index in [9.17, 15) is 4.79 Å². The van der Waals surface area contributed by atoms with Crippen molar-refractivity contribution in [3.8, 4) is 28.8 Å². The van der Waals surface area contributed by atoms with E-state index in [-0.39, 0.29) is 5.91 Å². The van der Waals surface area contributed by atoms with E-state index in [2.05, 4.69) is 20.6 Å². The van der Waals surface area contributed by atoms with Gasteiger partial charge in [-0.2, -0.15) is 4.52 Å². The summed E-state index contributed by atoms with van der Waals surface area (Å²) < 4.78 is 18.0. The molecule has 0 bridgehead atoms. The zero-order valence-corrected chi connectivity index (χ0v) is 17.8. The maximum atomic E-state index is 12.0. The van der Waals surface area contributed by atoms with E-state index < -0.39 is 0 Å². The summed E-state index contributed by atoms with van der Waals surface area (Å²) in [6.07, 6.45) is 5.41. The van der Waals surface area contributed by atoms with Gasteiger partial charge in [0, 0.05) is 18.1 Å². The Labute approximate surface area is 180 Å². The summed E-state index contributed by atoms with van der Waals surface area (Å²) in [5.74, 6) is 2.84. The Kier molecular flexibility index (Phi) is 6.49. The summed E-state index contributed by atoms with van der Waals surface area (Å²) in [5, 5.41) is 15.8. The summed E-state index contributed by atoms with van der Waals surface area (Å²) in [6.45, 7) is 0.777. The third-order valence-electron chi connectivity index (χ3n) is 5.50. The number of rotatable bonds is 9. The van der Waals surface area contributed by atoms with E-state index in [0.717, 1.165) is 18.4 Å². The highest BCUT2D eigenvalue weighted by Gasteiger charge is 2.18. The first-order valence-electron chi connectivity index (χ1n) is 10.5. The van der Waals surface area contributed by atoms with Crippen LogP contribution in [0, 0.1) is 5.92 Å². The lowest BCUT2D eigenvalue weighted by Gasteiger charge is -2.10. The molecule has 164 valence electrons. The summed E-state index contributed by atoms with van der Waals surface area (Å²) in [5.41, 5.74) is 1.39. The molecule has 1 amide bonds. The van der Waals surface area contributed by atoms with Crippen molar-refractivity contribution >= 4 is 11.6 Å². The molecule has 31 heavy (non-hydrogen) atoms. The summed E-state index contributed by atoms with van der Waals surface area (Å²) in [4.78, 5) is 12.0. The normalized spacial score (nSPS) is 14.0. The van der Waals surface area contributed by atoms with E-state index in [1.807, 2.05) is 18.2 Å². The van der Waals surface area contributed by atoms with Crippen LogP contribution in [0.15, 0.2) is 30.3 Å². The molecule has 0 radical (unpaired) electrons. The Balaban J connectivity index is 1.39. The number of methoxy groups -OCH3 is 2. The van der Waals surface area contributed by atoms with Gasteiger partial charge in [-0.15, -0.1) is 15.3 Å². The number of hydrogen-bond acceptors (Lipinski definition) is 7. The first-order chi connectivity index (χ1) is 15.2. The van der Waals surface area contributed by atoms with Gasteiger partial charge in [-0.3, -0.25) is 4.79 Å². The quantitative estimate of drug-likeness (QED) is 0.526. The Hall–Kier alpha value is -3.36. The van der Waals surface area contributed by atoms with Crippen LogP contribution in [0.4, 0.5) is 0 Å². The van der Waals surface area contributed by atoms with Gasteiger partial charge in [0.15, 0.2) is 23.0 Å². The van der Waals surface area contributed by atoms with Crippen molar-refractivity contribution in [2.45, 2.75) is 32.1 Å². The highest BCUT2D eigenvalue weighted by atomic mass is 16.5. The van der Waals surface area contributed by atoms with Gasteiger partial charge in [0.1, 0.15) is 6.61 Å². The van der Waals surface area contributed by atoms with Crippen molar-refractivity contribution in [2.24, 2.45) is 5.92 Å². The number of benzene rings is 1. The zero-order valence-electron chi connectivity index (χ0n) is 17.8. The minimum atomic E-state index is 0.0912. The largest absolute Gasteiger partial charge is 0.493 e. The standard InChI is InChI=1S/C22H27N5O4/c1-29-17-8-7-16(14-18(17)30-2)22-25-24-19-9-10-21(26-27(19)22)31-12-11-23-20(28)13-15-5-3-4-6-15/h7-10,14-15H,3-6,11-13H2,1-2H3,(H,23,28). The molecule has 0 unspecified atom stereocenters. The predicted octanol–water partition coefficient (Wildman–Crippen LogP) is 2.88. The number of carbonyl (C=O) groups is 1. The molecule has 9 heteroatoms. The van der Waals surface area contributed by atoms with Crippen LogP contribution in [-0.4, -0.2) is 53.1 Å². The summed E-state index contributed by atoms with van der Waals surface area (Å²) in [6, 6.07) is 9.03. The van der Waals surface area contributed by atoms with Crippen LogP contribution in [0.2, 0.25) is 0 Å². The number of amides is 1. The molecular weight excluding hydrogens is 398 g/mol. The maximum Gasteiger partial charge on any atom is 0.231 e. The maximum absolute atomic E-state index is 12.0.